The van der Waals surface area contributed by atoms with E-state index in [9.17, 15) is 4.79 Å². The molecule has 2 saturated carbocycles. The van der Waals surface area contributed by atoms with Gasteiger partial charge in [0.2, 0.25) is 0 Å². The van der Waals surface area contributed by atoms with Crippen molar-refractivity contribution in [3.05, 3.63) is 47.0 Å². The number of carbonyl (C=O) groups is 1. The maximum Gasteiger partial charge on any atom is 0.302 e. The van der Waals surface area contributed by atoms with Crippen molar-refractivity contribution in [2.24, 2.45) is 28.6 Å². The average molecular weight is 417 g/mol. The van der Waals surface area contributed by atoms with Crippen LogP contribution in [0.3, 0.4) is 0 Å². The van der Waals surface area contributed by atoms with E-state index in [1.807, 2.05) is 0 Å². The van der Waals surface area contributed by atoms with Gasteiger partial charge >= 0.3 is 5.97 Å². The van der Waals surface area contributed by atoms with Gasteiger partial charge in [0.25, 0.3) is 0 Å². The summed E-state index contributed by atoms with van der Waals surface area (Å²) in [5.41, 5.74) is 5.06. The molecule has 31 heavy (non-hydrogen) atoms. The normalized spacial score (nSPS) is 38.9. The van der Waals surface area contributed by atoms with Crippen molar-refractivity contribution in [1.82, 2.24) is 0 Å². The van der Waals surface area contributed by atoms with Gasteiger partial charge in [0.15, 0.2) is 0 Å². The molecule has 1 aromatic rings. The highest BCUT2D eigenvalue weighted by Gasteiger charge is 2.54. The summed E-state index contributed by atoms with van der Waals surface area (Å²) >= 11 is 0. The number of esters is 1. The molecule has 0 heterocycles. The van der Waals surface area contributed by atoms with Gasteiger partial charge in [-0.1, -0.05) is 48.1 Å². The van der Waals surface area contributed by atoms with Crippen molar-refractivity contribution >= 4 is 5.97 Å². The summed E-state index contributed by atoms with van der Waals surface area (Å²) in [6.45, 7) is 6.51. The van der Waals surface area contributed by atoms with Gasteiger partial charge in [0, 0.05) is 12.5 Å². The molecule has 0 saturated heterocycles. The summed E-state index contributed by atoms with van der Waals surface area (Å²) in [5.74, 6) is 9.33. The molecule has 0 bridgehead atoms. The van der Waals surface area contributed by atoms with Crippen LogP contribution in [0.25, 0.3) is 0 Å². The maximum absolute atomic E-state index is 11.5. The predicted octanol–water partition coefficient (Wildman–Crippen LogP) is 6.69. The third-order valence-electron chi connectivity index (χ3n) is 9.33. The van der Waals surface area contributed by atoms with Gasteiger partial charge in [0.05, 0.1) is 5.41 Å². The fourth-order valence-electron chi connectivity index (χ4n) is 7.70. The van der Waals surface area contributed by atoms with Crippen molar-refractivity contribution < 1.29 is 9.53 Å². The fourth-order valence-corrected chi connectivity index (χ4v) is 7.70. The van der Waals surface area contributed by atoms with Gasteiger partial charge in [-0.25, -0.2) is 0 Å². The standard InChI is InChI=1S/C29H36O2/c1-20(30)31-23-14-18-29(3)22(19-23)9-10-24-25-15-17-28(2,26(25)11-12-27(24)29)16-13-21-7-5-4-6-8-21/h4-8,22-24,27H,9-12,14-15,17-19H2,1-3H3/t22-,23-,24-,27-,28-,29-/m1/s1. The van der Waals surface area contributed by atoms with E-state index >= 15 is 0 Å². The largest absolute Gasteiger partial charge is 0.463 e. The average Bonchev–Trinajstić information content (AvgIpc) is 3.10. The van der Waals surface area contributed by atoms with Crippen molar-refractivity contribution in [2.45, 2.75) is 84.7 Å². The molecule has 0 radical (unpaired) electrons. The zero-order valence-corrected chi connectivity index (χ0v) is 19.4. The second kappa shape index (κ2) is 7.84. The van der Waals surface area contributed by atoms with E-state index < -0.39 is 0 Å². The number of ether oxygens (including phenoxy) is 1. The summed E-state index contributed by atoms with van der Waals surface area (Å²) in [6.07, 6.45) is 11.1. The molecule has 4 aliphatic carbocycles. The highest BCUT2D eigenvalue weighted by Crippen LogP contribution is 2.63. The van der Waals surface area contributed by atoms with Crippen LogP contribution in [0, 0.1) is 40.4 Å². The lowest BCUT2D eigenvalue weighted by Gasteiger charge is -2.57. The van der Waals surface area contributed by atoms with Gasteiger partial charge in [-0.3, -0.25) is 4.79 Å². The van der Waals surface area contributed by atoms with E-state index in [1.54, 1.807) is 18.1 Å². The minimum absolute atomic E-state index is 0.0564. The fraction of sp³-hybridized carbons (Fsp3) is 0.621. The number of hydrogen-bond donors (Lipinski definition) is 0. The third-order valence-corrected chi connectivity index (χ3v) is 9.33. The minimum Gasteiger partial charge on any atom is -0.463 e. The smallest absolute Gasteiger partial charge is 0.302 e. The monoisotopic (exact) mass is 416 g/mol. The minimum atomic E-state index is -0.114. The highest BCUT2D eigenvalue weighted by molar-refractivity contribution is 5.66. The molecule has 0 aromatic heterocycles. The molecule has 1 aromatic carbocycles. The first-order valence-electron chi connectivity index (χ1n) is 12.4. The van der Waals surface area contributed by atoms with Crippen LogP contribution in [-0.4, -0.2) is 12.1 Å². The lowest BCUT2D eigenvalue weighted by Crippen LogP contribution is -2.49. The van der Waals surface area contributed by atoms with Gasteiger partial charge in [-0.15, -0.1) is 0 Å². The number of benzene rings is 1. The molecular formula is C29H36O2. The predicted molar refractivity (Wildman–Crippen MR) is 124 cm³/mol. The van der Waals surface area contributed by atoms with Gasteiger partial charge in [0.1, 0.15) is 6.10 Å². The van der Waals surface area contributed by atoms with E-state index in [2.05, 4.69) is 56.0 Å². The number of rotatable bonds is 1. The Morgan fingerprint density at radius 3 is 2.61 bits per heavy atom. The number of hydrogen-bond acceptors (Lipinski definition) is 2. The first-order chi connectivity index (χ1) is 14.9. The van der Waals surface area contributed by atoms with Crippen LogP contribution in [0.2, 0.25) is 0 Å². The van der Waals surface area contributed by atoms with Crippen molar-refractivity contribution in [2.75, 3.05) is 0 Å². The summed E-state index contributed by atoms with van der Waals surface area (Å²) in [7, 11) is 0. The number of carbonyl (C=O) groups excluding carboxylic acids is 1. The molecule has 0 amide bonds. The Hall–Kier alpha value is -2.01. The summed E-state index contributed by atoms with van der Waals surface area (Å²) < 4.78 is 5.62. The Balaban J connectivity index is 1.37. The zero-order valence-electron chi connectivity index (χ0n) is 19.4. The van der Waals surface area contributed by atoms with E-state index in [0.29, 0.717) is 11.3 Å². The van der Waals surface area contributed by atoms with E-state index in [1.165, 1.54) is 44.9 Å². The van der Waals surface area contributed by atoms with Crippen molar-refractivity contribution in [3.63, 3.8) is 0 Å². The number of fused-ring (bicyclic) bond motifs is 4. The van der Waals surface area contributed by atoms with E-state index in [4.69, 9.17) is 4.74 Å². The summed E-state index contributed by atoms with van der Waals surface area (Å²) in [6, 6.07) is 10.4. The van der Waals surface area contributed by atoms with Crippen LogP contribution < -0.4 is 0 Å². The molecule has 4 aliphatic rings. The molecule has 5 rings (SSSR count). The molecule has 164 valence electrons. The molecule has 2 heteroatoms. The Kier molecular flexibility index (Phi) is 5.28. The molecule has 2 nitrogen and oxygen atoms in total. The van der Waals surface area contributed by atoms with Gasteiger partial charge < -0.3 is 4.74 Å². The van der Waals surface area contributed by atoms with Gasteiger partial charge in [-0.05, 0) is 100 Å². The molecule has 0 aliphatic heterocycles. The highest BCUT2D eigenvalue weighted by atomic mass is 16.5. The Morgan fingerprint density at radius 1 is 1.03 bits per heavy atom. The Labute approximate surface area is 187 Å². The number of allylic oxidation sites excluding steroid dienone is 2. The molecule has 0 spiro atoms. The van der Waals surface area contributed by atoms with Crippen LogP contribution in [0.4, 0.5) is 0 Å². The Bertz CT molecular complexity index is 948. The lowest BCUT2D eigenvalue weighted by atomic mass is 9.49. The second-order valence-corrected chi connectivity index (χ2v) is 11.0. The SMILES string of the molecule is CC(=O)O[C@@H]1CC[C@]2(C)[C@H](CC[C@@H]3C4=C(CC[C@H]32)[C@](C)(C#Cc2ccccc2)CC4)C1. The summed E-state index contributed by atoms with van der Waals surface area (Å²) in [4.78, 5) is 11.5. The first-order valence-corrected chi connectivity index (χ1v) is 12.4. The summed E-state index contributed by atoms with van der Waals surface area (Å²) in [5, 5.41) is 0. The third kappa shape index (κ3) is 3.65. The topological polar surface area (TPSA) is 26.3 Å². The van der Waals surface area contributed by atoms with Gasteiger partial charge in [-0.2, -0.15) is 0 Å². The Morgan fingerprint density at radius 2 is 1.84 bits per heavy atom. The maximum atomic E-state index is 11.5. The van der Waals surface area contributed by atoms with Crippen LogP contribution >= 0.6 is 0 Å². The van der Waals surface area contributed by atoms with Crippen molar-refractivity contribution in [1.29, 1.82) is 0 Å². The zero-order chi connectivity index (χ0) is 21.6. The van der Waals surface area contributed by atoms with E-state index in [-0.39, 0.29) is 17.5 Å². The second-order valence-electron chi connectivity index (χ2n) is 11.0. The molecular weight excluding hydrogens is 380 g/mol. The molecule has 0 unspecified atom stereocenters. The van der Waals surface area contributed by atoms with Crippen molar-refractivity contribution in [3.8, 4) is 11.8 Å². The van der Waals surface area contributed by atoms with Crippen LogP contribution in [0.15, 0.2) is 41.5 Å². The molecule has 6 atom stereocenters. The van der Waals surface area contributed by atoms with E-state index in [0.717, 1.165) is 30.2 Å². The van der Waals surface area contributed by atoms with Crippen LogP contribution in [-0.2, 0) is 9.53 Å². The first kappa shape index (κ1) is 20.9. The quantitative estimate of drug-likeness (QED) is 0.289. The van der Waals surface area contributed by atoms with Crippen LogP contribution in [0.1, 0.15) is 84.1 Å². The molecule has 2 fully saturated rings. The van der Waals surface area contributed by atoms with Crippen LogP contribution in [0.5, 0.6) is 0 Å². The lowest BCUT2D eigenvalue weighted by molar-refractivity contribution is -0.154. The molecule has 0 N–H and O–H groups in total.